The molecule has 0 aromatic heterocycles. The van der Waals surface area contributed by atoms with Crippen molar-refractivity contribution < 1.29 is 18.0 Å². The van der Waals surface area contributed by atoms with Gasteiger partial charge in [-0.25, -0.2) is 0 Å². The fraction of sp³-hybridized carbons (Fsp3) is 0.900. The highest BCUT2D eigenvalue weighted by atomic mass is 19.4. The van der Waals surface area contributed by atoms with E-state index in [1.54, 1.807) is 0 Å². The number of nitrogens with two attached hydrogens (primary N) is 1. The molecule has 0 bridgehead atoms. The van der Waals surface area contributed by atoms with Crippen LogP contribution in [0.4, 0.5) is 13.2 Å². The molecule has 0 fully saturated rings. The normalized spacial score (nSPS) is 14.3. The van der Waals surface area contributed by atoms with Crippen LogP contribution in [0, 0.1) is 5.92 Å². The van der Waals surface area contributed by atoms with Crippen molar-refractivity contribution in [1.29, 1.82) is 0 Å². The maximum Gasteiger partial charge on any atom is 0.389 e. The van der Waals surface area contributed by atoms with Gasteiger partial charge in [0, 0.05) is 25.3 Å². The Bertz CT molecular complexity index is 201. The fourth-order valence-electron chi connectivity index (χ4n) is 1.09. The molecule has 1 atom stereocenters. The Balaban J connectivity index is 3.67. The van der Waals surface area contributed by atoms with E-state index >= 15 is 0 Å². The quantitative estimate of drug-likeness (QED) is 0.755. The highest BCUT2D eigenvalue weighted by Gasteiger charge is 2.26. The molecule has 2 nitrogen and oxygen atoms in total. The van der Waals surface area contributed by atoms with E-state index in [1.807, 2.05) is 13.8 Å². The zero-order chi connectivity index (χ0) is 12.1. The molecule has 15 heavy (non-hydrogen) atoms. The number of hydrogen-bond donors (Lipinski definition) is 1. The first kappa shape index (κ1) is 14.4. The van der Waals surface area contributed by atoms with Crippen LogP contribution in [0.15, 0.2) is 0 Å². The molecule has 0 aromatic rings. The van der Waals surface area contributed by atoms with Crippen molar-refractivity contribution in [2.45, 2.75) is 51.7 Å². The Morgan fingerprint density at radius 1 is 1.33 bits per heavy atom. The molecule has 2 N–H and O–H groups in total. The summed E-state index contributed by atoms with van der Waals surface area (Å²) < 4.78 is 35.3. The number of carbonyl (C=O) groups is 1. The lowest BCUT2D eigenvalue weighted by Crippen LogP contribution is -2.29. The summed E-state index contributed by atoms with van der Waals surface area (Å²) in [5.41, 5.74) is 5.63. The molecule has 0 amide bonds. The van der Waals surface area contributed by atoms with Crippen LogP contribution >= 0.6 is 0 Å². The molecule has 0 saturated heterocycles. The van der Waals surface area contributed by atoms with Crippen LogP contribution in [0.3, 0.4) is 0 Å². The number of ketones is 1. The van der Waals surface area contributed by atoms with Gasteiger partial charge in [-0.05, 0) is 12.3 Å². The van der Waals surface area contributed by atoms with Gasteiger partial charge in [-0.2, -0.15) is 13.2 Å². The molecule has 0 spiro atoms. The minimum atomic E-state index is -4.17. The molecule has 0 radical (unpaired) electrons. The van der Waals surface area contributed by atoms with Crippen molar-refractivity contribution in [2.24, 2.45) is 11.7 Å². The van der Waals surface area contributed by atoms with Gasteiger partial charge in [0.25, 0.3) is 0 Å². The Morgan fingerprint density at radius 2 is 1.87 bits per heavy atom. The van der Waals surface area contributed by atoms with Gasteiger partial charge in [-0.1, -0.05) is 13.8 Å². The zero-order valence-electron chi connectivity index (χ0n) is 9.10. The Morgan fingerprint density at radius 3 is 2.27 bits per heavy atom. The fourth-order valence-corrected chi connectivity index (χ4v) is 1.09. The first-order valence-corrected chi connectivity index (χ1v) is 5.06. The van der Waals surface area contributed by atoms with E-state index in [2.05, 4.69) is 0 Å². The van der Waals surface area contributed by atoms with Crippen molar-refractivity contribution in [3.05, 3.63) is 0 Å². The number of carbonyl (C=O) groups excluding carboxylic acids is 1. The summed E-state index contributed by atoms with van der Waals surface area (Å²) in [5, 5.41) is 0. The maximum absolute atomic E-state index is 11.8. The molecule has 0 heterocycles. The molecular formula is C10H18F3NO. The van der Waals surface area contributed by atoms with Crippen LogP contribution in [0.2, 0.25) is 0 Å². The number of Topliss-reactive ketones (excluding diaryl/α,β-unsaturated/α-hetero) is 1. The smallest absolute Gasteiger partial charge is 0.327 e. The molecule has 5 heteroatoms. The average Bonchev–Trinajstić information content (AvgIpc) is 2.01. The van der Waals surface area contributed by atoms with Crippen molar-refractivity contribution in [1.82, 2.24) is 0 Å². The lowest BCUT2D eigenvalue weighted by atomic mass is 9.98. The van der Waals surface area contributed by atoms with Gasteiger partial charge in [0.2, 0.25) is 0 Å². The van der Waals surface area contributed by atoms with Gasteiger partial charge in [0.1, 0.15) is 5.78 Å². The topological polar surface area (TPSA) is 43.1 Å². The van der Waals surface area contributed by atoms with Gasteiger partial charge in [-0.3, -0.25) is 4.79 Å². The van der Waals surface area contributed by atoms with Crippen LogP contribution in [-0.4, -0.2) is 18.0 Å². The van der Waals surface area contributed by atoms with E-state index in [0.717, 1.165) is 0 Å². The summed E-state index contributed by atoms with van der Waals surface area (Å²) >= 11 is 0. The third-order valence-electron chi connectivity index (χ3n) is 2.24. The van der Waals surface area contributed by atoms with Gasteiger partial charge in [-0.15, -0.1) is 0 Å². The average molecular weight is 225 g/mol. The number of halogens is 3. The maximum atomic E-state index is 11.8. The molecule has 1 unspecified atom stereocenters. The molecule has 0 aliphatic heterocycles. The number of hydrogen-bond acceptors (Lipinski definition) is 2. The third-order valence-corrected chi connectivity index (χ3v) is 2.24. The summed E-state index contributed by atoms with van der Waals surface area (Å²) in [6.45, 7) is 3.77. The van der Waals surface area contributed by atoms with Crippen molar-refractivity contribution in [3.8, 4) is 0 Å². The van der Waals surface area contributed by atoms with E-state index in [0.29, 0.717) is 0 Å². The molecule has 0 saturated carbocycles. The largest absolute Gasteiger partial charge is 0.389 e. The number of rotatable bonds is 6. The monoisotopic (exact) mass is 225 g/mol. The lowest BCUT2D eigenvalue weighted by Gasteiger charge is -2.14. The van der Waals surface area contributed by atoms with Crippen LogP contribution in [-0.2, 0) is 4.79 Å². The first-order chi connectivity index (χ1) is 6.72. The van der Waals surface area contributed by atoms with E-state index in [4.69, 9.17) is 5.73 Å². The van der Waals surface area contributed by atoms with Crippen LogP contribution < -0.4 is 5.73 Å². The summed E-state index contributed by atoms with van der Waals surface area (Å²) in [7, 11) is 0. The number of alkyl halides is 3. The third kappa shape index (κ3) is 8.42. The first-order valence-electron chi connectivity index (χ1n) is 5.06. The van der Waals surface area contributed by atoms with Crippen molar-refractivity contribution in [3.63, 3.8) is 0 Å². The summed E-state index contributed by atoms with van der Waals surface area (Å²) in [6.07, 6.45) is -5.04. The second-order valence-corrected chi connectivity index (χ2v) is 4.12. The summed E-state index contributed by atoms with van der Waals surface area (Å²) in [6, 6.07) is -0.247. The molecule has 0 rings (SSSR count). The van der Waals surface area contributed by atoms with Crippen molar-refractivity contribution in [2.75, 3.05) is 0 Å². The van der Waals surface area contributed by atoms with E-state index in [-0.39, 0.29) is 37.0 Å². The molecule has 0 aliphatic rings. The highest BCUT2D eigenvalue weighted by molar-refractivity contribution is 5.78. The Hall–Kier alpha value is -0.580. The minimum absolute atomic E-state index is 0.0278. The standard InChI is InChI=1S/C10H18F3NO/c1-7(2)9(14)6-8(15)4-3-5-10(11,12)13/h7,9H,3-6,14H2,1-2H3. The highest BCUT2D eigenvalue weighted by Crippen LogP contribution is 2.22. The lowest BCUT2D eigenvalue weighted by molar-refractivity contribution is -0.137. The molecule has 0 aromatic carbocycles. The predicted molar refractivity (Wildman–Crippen MR) is 52.3 cm³/mol. The van der Waals surface area contributed by atoms with Crippen LogP contribution in [0.25, 0.3) is 0 Å². The van der Waals surface area contributed by atoms with E-state index in [9.17, 15) is 18.0 Å². The SMILES string of the molecule is CC(C)C(N)CC(=O)CCCC(F)(F)F. The van der Waals surface area contributed by atoms with Crippen LogP contribution in [0.5, 0.6) is 0 Å². The predicted octanol–water partition coefficient (Wildman–Crippen LogP) is 2.66. The Kier molecular flexibility index (Phi) is 5.87. The second-order valence-electron chi connectivity index (χ2n) is 4.12. The minimum Gasteiger partial charge on any atom is -0.327 e. The second kappa shape index (κ2) is 6.10. The van der Waals surface area contributed by atoms with E-state index < -0.39 is 12.6 Å². The summed E-state index contributed by atoms with van der Waals surface area (Å²) in [5.74, 6) is -0.00276. The van der Waals surface area contributed by atoms with Gasteiger partial charge < -0.3 is 5.73 Å². The van der Waals surface area contributed by atoms with Crippen molar-refractivity contribution >= 4 is 5.78 Å². The zero-order valence-corrected chi connectivity index (χ0v) is 9.10. The molecular weight excluding hydrogens is 207 g/mol. The van der Waals surface area contributed by atoms with Gasteiger partial charge in [0.15, 0.2) is 0 Å². The molecule has 0 aliphatic carbocycles. The Labute approximate surface area is 88.0 Å². The van der Waals surface area contributed by atoms with Gasteiger partial charge in [0.05, 0.1) is 0 Å². The van der Waals surface area contributed by atoms with E-state index in [1.165, 1.54) is 0 Å². The molecule has 90 valence electrons. The van der Waals surface area contributed by atoms with Crippen LogP contribution in [0.1, 0.15) is 39.5 Å². The van der Waals surface area contributed by atoms with Gasteiger partial charge >= 0.3 is 6.18 Å². The summed E-state index contributed by atoms with van der Waals surface area (Å²) in [4.78, 5) is 11.2.